The molecule has 0 bridgehead atoms. The van der Waals surface area contributed by atoms with Gasteiger partial charge in [0.25, 0.3) is 0 Å². The molecule has 2 rings (SSSR count). The molecule has 94 valence electrons. The van der Waals surface area contributed by atoms with Gasteiger partial charge in [-0.1, -0.05) is 11.6 Å². The van der Waals surface area contributed by atoms with Gasteiger partial charge in [-0.2, -0.15) is 11.8 Å². The number of ether oxygens (including phenoxy) is 2. The van der Waals surface area contributed by atoms with E-state index in [-0.39, 0.29) is 12.1 Å². The van der Waals surface area contributed by atoms with Gasteiger partial charge in [0.15, 0.2) is 0 Å². The number of benzene rings is 1. The summed E-state index contributed by atoms with van der Waals surface area (Å²) in [5.74, 6) is 2.72. The van der Waals surface area contributed by atoms with Crippen LogP contribution in [-0.2, 0) is 4.74 Å². The number of rotatable bonds is 3. The fraction of sp³-hybridized carbons (Fsp3) is 0.500. The monoisotopic (exact) mass is 273 g/mol. The summed E-state index contributed by atoms with van der Waals surface area (Å²) in [7, 11) is 1.63. The van der Waals surface area contributed by atoms with Gasteiger partial charge in [-0.15, -0.1) is 0 Å². The number of hydrogen-bond acceptors (Lipinski definition) is 4. The molecule has 0 aliphatic carbocycles. The number of halogens is 1. The lowest BCUT2D eigenvalue weighted by atomic mass is 10.0. The van der Waals surface area contributed by atoms with E-state index in [1.165, 1.54) is 0 Å². The molecular weight excluding hydrogens is 258 g/mol. The second-order valence-corrected chi connectivity index (χ2v) is 5.48. The fourth-order valence-corrected chi connectivity index (χ4v) is 2.98. The molecule has 17 heavy (non-hydrogen) atoms. The normalized spacial score (nSPS) is 22.2. The lowest BCUT2D eigenvalue weighted by Crippen LogP contribution is -2.34. The molecule has 3 nitrogen and oxygen atoms in total. The summed E-state index contributed by atoms with van der Waals surface area (Å²) >= 11 is 7.86. The van der Waals surface area contributed by atoms with Crippen molar-refractivity contribution in [1.29, 1.82) is 0 Å². The summed E-state index contributed by atoms with van der Waals surface area (Å²) in [6, 6.07) is 5.30. The highest BCUT2D eigenvalue weighted by molar-refractivity contribution is 7.99. The van der Waals surface area contributed by atoms with Crippen molar-refractivity contribution in [2.24, 2.45) is 5.73 Å². The van der Waals surface area contributed by atoms with Crippen molar-refractivity contribution in [1.82, 2.24) is 0 Å². The van der Waals surface area contributed by atoms with Crippen molar-refractivity contribution >= 4 is 23.4 Å². The van der Waals surface area contributed by atoms with E-state index in [4.69, 9.17) is 26.8 Å². The molecule has 1 aliphatic rings. The van der Waals surface area contributed by atoms with Crippen LogP contribution in [0.1, 0.15) is 11.6 Å². The average Bonchev–Trinajstić information content (AvgIpc) is 2.39. The molecule has 2 atom stereocenters. The maximum atomic E-state index is 6.24. The van der Waals surface area contributed by atoms with E-state index < -0.39 is 0 Å². The molecule has 0 saturated carbocycles. The number of nitrogens with two attached hydrogens (primary N) is 1. The summed E-state index contributed by atoms with van der Waals surface area (Å²) in [5, 5.41) is 0.666. The van der Waals surface area contributed by atoms with Crippen LogP contribution < -0.4 is 10.5 Å². The molecule has 1 fully saturated rings. The molecule has 1 saturated heterocycles. The minimum atomic E-state index is -0.198. The Kier molecular flexibility index (Phi) is 4.56. The predicted molar refractivity (Wildman–Crippen MR) is 72.0 cm³/mol. The smallest absolute Gasteiger partial charge is 0.123 e. The first-order chi connectivity index (χ1) is 8.22. The van der Waals surface area contributed by atoms with Gasteiger partial charge in [0.1, 0.15) is 5.75 Å². The molecule has 5 heteroatoms. The van der Waals surface area contributed by atoms with E-state index in [1.54, 1.807) is 13.2 Å². The van der Waals surface area contributed by atoms with E-state index >= 15 is 0 Å². The molecule has 2 unspecified atom stereocenters. The van der Waals surface area contributed by atoms with Crippen LogP contribution in [0.3, 0.4) is 0 Å². The van der Waals surface area contributed by atoms with Gasteiger partial charge in [0, 0.05) is 22.1 Å². The van der Waals surface area contributed by atoms with Crippen molar-refractivity contribution < 1.29 is 9.47 Å². The Labute approximate surface area is 111 Å². The van der Waals surface area contributed by atoms with Crippen LogP contribution in [0.2, 0.25) is 5.02 Å². The zero-order chi connectivity index (χ0) is 12.3. The first-order valence-corrected chi connectivity index (χ1v) is 7.04. The zero-order valence-corrected chi connectivity index (χ0v) is 11.3. The van der Waals surface area contributed by atoms with Crippen LogP contribution in [0.15, 0.2) is 18.2 Å². The second kappa shape index (κ2) is 5.96. The van der Waals surface area contributed by atoms with Crippen LogP contribution in [0.4, 0.5) is 0 Å². The first kappa shape index (κ1) is 13.0. The van der Waals surface area contributed by atoms with E-state index in [0.717, 1.165) is 29.4 Å². The highest BCUT2D eigenvalue weighted by Crippen LogP contribution is 2.31. The van der Waals surface area contributed by atoms with Crippen molar-refractivity contribution in [3.8, 4) is 5.75 Å². The maximum Gasteiger partial charge on any atom is 0.123 e. The van der Waals surface area contributed by atoms with Gasteiger partial charge in [-0.05, 0) is 18.2 Å². The van der Waals surface area contributed by atoms with Crippen molar-refractivity contribution in [2.45, 2.75) is 12.1 Å². The molecule has 1 heterocycles. The van der Waals surface area contributed by atoms with E-state index in [0.29, 0.717) is 5.02 Å². The summed E-state index contributed by atoms with van der Waals surface area (Å²) in [6.45, 7) is 0.756. The van der Waals surface area contributed by atoms with Crippen LogP contribution in [0.25, 0.3) is 0 Å². The van der Waals surface area contributed by atoms with Gasteiger partial charge < -0.3 is 15.2 Å². The molecule has 0 aromatic heterocycles. The Bertz CT molecular complexity index is 383. The Morgan fingerprint density at radius 1 is 1.59 bits per heavy atom. The minimum absolute atomic E-state index is 0.0288. The van der Waals surface area contributed by atoms with Crippen molar-refractivity contribution in [3.63, 3.8) is 0 Å². The molecule has 1 aliphatic heterocycles. The molecule has 0 amide bonds. The molecule has 1 aromatic rings. The van der Waals surface area contributed by atoms with Gasteiger partial charge in [0.05, 0.1) is 25.9 Å². The average molecular weight is 274 g/mol. The van der Waals surface area contributed by atoms with Crippen LogP contribution in [0.5, 0.6) is 5.75 Å². The molecular formula is C12H16ClNO2S. The van der Waals surface area contributed by atoms with Crippen LogP contribution in [0, 0.1) is 0 Å². The molecule has 2 N–H and O–H groups in total. The molecule has 1 aromatic carbocycles. The van der Waals surface area contributed by atoms with Gasteiger partial charge in [-0.3, -0.25) is 0 Å². The summed E-state index contributed by atoms with van der Waals surface area (Å²) < 4.78 is 11.0. The third-order valence-electron chi connectivity index (χ3n) is 2.79. The third kappa shape index (κ3) is 3.07. The Balaban J connectivity index is 2.21. The van der Waals surface area contributed by atoms with E-state index in [2.05, 4.69) is 0 Å². The quantitative estimate of drug-likeness (QED) is 0.919. The third-order valence-corrected chi connectivity index (χ3v) is 4.05. The maximum absolute atomic E-state index is 6.24. The first-order valence-electron chi connectivity index (χ1n) is 5.50. The van der Waals surface area contributed by atoms with E-state index in [1.807, 2.05) is 23.9 Å². The van der Waals surface area contributed by atoms with Gasteiger partial charge in [0.2, 0.25) is 0 Å². The Morgan fingerprint density at radius 2 is 2.41 bits per heavy atom. The number of methoxy groups -OCH3 is 1. The van der Waals surface area contributed by atoms with Crippen molar-refractivity contribution in [3.05, 3.63) is 28.8 Å². The Morgan fingerprint density at radius 3 is 3.06 bits per heavy atom. The SMILES string of the molecule is COc1ccc(Cl)cc1C(N)C1CSCCO1. The Hall–Kier alpha value is -0.420. The lowest BCUT2D eigenvalue weighted by Gasteiger charge is -2.28. The number of thioether (sulfide) groups is 1. The molecule has 0 spiro atoms. The summed E-state index contributed by atoms with van der Waals surface area (Å²) in [4.78, 5) is 0. The van der Waals surface area contributed by atoms with Gasteiger partial charge in [-0.25, -0.2) is 0 Å². The lowest BCUT2D eigenvalue weighted by molar-refractivity contribution is 0.0563. The van der Waals surface area contributed by atoms with Crippen molar-refractivity contribution in [2.75, 3.05) is 25.2 Å². The topological polar surface area (TPSA) is 44.5 Å². The minimum Gasteiger partial charge on any atom is -0.496 e. The zero-order valence-electron chi connectivity index (χ0n) is 9.69. The van der Waals surface area contributed by atoms with Gasteiger partial charge >= 0.3 is 0 Å². The highest BCUT2D eigenvalue weighted by atomic mass is 35.5. The standard InChI is InChI=1S/C12H16ClNO2S/c1-15-10-3-2-8(13)6-9(10)12(14)11-7-17-5-4-16-11/h2-3,6,11-12H,4-5,7,14H2,1H3. The number of hydrogen-bond donors (Lipinski definition) is 1. The van der Waals surface area contributed by atoms with E-state index in [9.17, 15) is 0 Å². The summed E-state index contributed by atoms with van der Waals surface area (Å²) in [6.07, 6.45) is 0.0288. The largest absolute Gasteiger partial charge is 0.496 e. The predicted octanol–water partition coefficient (Wildman–Crippen LogP) is 2.48. The van der Waals surface area contributed by atoms with Crippen LogP contribution in [-0.4, -0.2) is 31.3 Å². The second-order valence-electron chi connectivity index (χ2n) is 3.90. The fourth-order valence-electron chi connectivity index (χ4n) is 1.88. The molecule has 0 radical (unpaired) electrons. The highest BCUT2D eigenvalue weighted by Gasteiger charge is 2.25. The van der Waals surface area contributed by atoms with Crippen LogP contribution >= 0.6 is 23.4 Å². The summed E-state index contributed by atoms with van der Waals surface area (Å²) in [5.41, 5.74) is 7.15.